The van der Waals surface area contributed by atoms with Crippen LogP contribution in [0, 0.1) is 0 Å². The first-order chi connectivity index (χ1) is 6.79. The molecule has 0 aliphatic heterocycles. The highest BCUT2D eigenvalue weighted by atomic mass is 79.9. The van der Waals surface area contributed by atoms with Crippen LogP contribution in [0.15, 0.2) is 40.2 Å². The zero-order valence-corrected chi connectivity index (χ0v) is 10.2. The average Bonchev–Trinajstić information content (AvgIpc) is 2.65. The van der Waals surface area contributed by atoms with Crippen LogP contribution in [0.3, 0.4) is 0 Å². The fraction of sp³-hybridized carbons (Fsp3) is 0.0909. The van der Waals surface area contributed by atoms with Gasteiger partial charge in [0, 0.05) is 17.6 Å². The molecule has 0 spiro atoms. The second-order valence-corrected chi connectivity index (χ2v) is 5.39. The van der Waals surface area contributed by atoms with Crippen LogP contribution in [0.2, 0.25) is 0 Å². The predicted octanol–water partition coefficient (Wildman–Crippen LogP) is 4.22. The van der Waals surface area contributed by atoms with E-state index in [1.807, 2.05) is 7.05 Å². The lowest BCUT2D eigenvalue weighted by Crippen LogP contribution is -1.86. The Morgan fingerprint density at radius 3 is 2.29 bits per heavy atom. The fourth-order valence-electron chi connectivity index (χ4n) is 1.27. The van der Waals surface area contributed by atoms with Crippen molar-refractivity contribution >= 4 is 33.0 Å². The molecule has 0 aliphatic carbocycles. The van der Waals surface area contributed by atoms with Gasteiger partial charge in [-0.2, -0.15) is 0 Å². The molecular weight excluding hydrogens is 258 g/mol. The Morgan fingerprint density at radius 1 is 1.07 bits per heavy atom. The molecule has 0 fully saturated rings. The van der Waals surface area contributed by atoms with Gasteiger partial charge in [0.15, 0.2) is 0 Å². The molecule has 0 saturated heterocycles. The molecule has 0 saturated carbocycles. The molecule has 0 aliphatic rings. The molecule has 0 amide bonds. The molecule has 72 valence electrons. The van der Waals surface area contributed by atoms with Gasteiger partial charge in [0.05, 0.1) is 3.79 Å². The van der Waals surface area contributed by atoms with Gasteiger partial charge in [0.2, 0.25) is 0 Å². The van der Waals surface area contributed by atoms with E-state index in [2.05, 4.69) is 57.6 Å². The largest absolute Gasteiger partial charge is 0.388 e. The number of thiophene rings is 1. The number of nitrogens with one attached hydrogen (secondary N) is 1. The molecule has 0 unspecified atom stereocenters. The lowest BCUT2D eigenvalue weighted by molar-refractivity contribution is 1.51. The number of rotatable bonds is 2. The molecule has 1 aromatic heterocycles. The second kappa shape index (κ2) is 4.15. The van der Waals surface area contributed by atoms with Gasteiger partial charge in [-0.15, -0.1) is 11.3 Å². The Labute approximate surface area is 95.9 Å². The number of halogens is 1. The molecular formula is C11H10BrNS. The summed E-state index contributed by atoms with van der Waals surface area (Å²) in [6, 6.07) is 12.6. The predicted molar refractivity (Wildman–Crippen MR) is 67.0 cm³/mol. The van der Waals surface area contributed by atoms with Gasteiger partial charge in [-0.25, -0.2) is 0 Å². The monoisotopic (exact) mass is 267 g/mol. The van der Waals surface area contributed by atoms with Gasteiger partial charge < -0.3 is 5.32 Å². The van der Waals surface area contributed by atoms with Gasteiger partial charge in [-0.05, 0) is 45.8 Å². The molecule has 14 heavy (non-hydrogen) atoms. The van der Waals surface area contributed by atoms with E-state index in [9.17, 15) is 0 Å². The Hall–Kier alpha value is -0.800. The van der Waals surface area contributed by atoms with Crippen molar-refractivity contribution in [2.45, 2.75) is 0 Å². The summed E-state index contributed by atoms with van der Waals surface area (Å²) in [7, 11) is 1.93. The second-order valence-electron chi connectivity index (χ2n) is 2.93. The first-order valence-electron chi connectivity index (χ1n) is 4.33. The van der Waals surface area contributed by atoms with Crippen LogP contribution in [0.4, 0.5) is 5.69 Å². The van der Waals surface area contributed by atoms with Crippen molar-refractivity contribution < 1.29 is 0 Å². The molecule has 0 atom stereocenters. The van der Waals surface area contributed by atoms with E-state index in [1.165, 1.54) is 14.2 Å². The van der Waals surface area contributed by atoms with E-state index in [1.54, 1.807) is 11.3 Å². The van der Waals surface area contributed by atoms with Gasteiger partial charge >= 0.3 is 0 Å². The van der Waals surface area contributed by atoms with Crippen molar-refractivity contribution in [2.24, 2.45) is 0 Å². The molecule has 1 heterocycles. The summed E-state index contributed by atoms with van der Waals surface area (Å²) in [6.45, 7) is 0. The van der Waals surface area contributed by atoms with E-state index in [-0.39, 0.29) is 0 Å². The van der Waals surface area contributed by atoms with E-state index in [0.717, 1.165) is 5.69 Å². The maximum atomic E-state index is 3.46. The molecule has 1 N–H and O–H groups in total. The fourth-order valence-corrected chi connectivity index (χ4v) is 2.66. The van der Waals surface area contributed by atoms with E-state index in [0.29, 0.717) is 0 Å². The summed E-state index contributed by atoms with van der Waals surface area (Å²) in [6.07, 6.45) is 0. The van der Waals surface area contributed by atoms with Gasteiger partial charge in [-0.1, -0.05) is 12.1 Å². The quantitative estimate of drug-likeness (QED) is 0.859. The van der Waals surface area contributed by atoms with Crippen molar-refractivity contribution in [1.82, 2.24) is 0 Å². The summed E-state index contributed by atoms with van der Waals surface area (Å²) in [5, 5.41) is 3.10. The minimum atomic E-state index is 1.14. The van der Waals surface area contributed by atoms with Crippen molar-refractivity contribution in [3.63, 3.8) is 0 Å². The summed E-state index contributed by atoms with van der Waals surface area (Å²) < 4.78 is 1.17. The molecule has 1 nitrogen and oxygen atoms in total. The Kier molecular flexibility index (Phi) is 2.89. The van der Waals surface area contributed by atoms with Crippen LogP contribution in [0.1, 0.15) is 0 Å². The molecule has 2 aromatic rings. The Balaban J connectivity index is 2.33. The van der Waals surface area contributed by atoms with Gasteiger partial charge in [0.25, 0.3) is 0 Å². The molecule has 1 aromatic carbocycles. The van der Waals surface area contributed by atoms with E-state index < -0.39 is 0 Å². The van der Waals surface area contributed by atoms with Crippen molar-refractivity contribution in [2.75, 3.05) is 12.4 Å². The summed E-state index contributed by atoms with van der Waals surface area (Å²) in [4.78, 5) is 1.29. The number of benzene rings is 1. The Bertz CT molecular complexity index is 419. The summed E-state index contributed by atoms with van der Waals surface area (Å²) in [5.74, 6) is 0. The van der Waals surface area contributed by atoms with Crippen LogP contribution in [0.5, 0.6) is 0 Å². The smallest absolute Gasteiger partial charge is 0.0705 e. The summed E-state index contributed by atoms with van der Waals surface area (Å²) in [5.41, 5.74) is 2.41. The van der Waals surface area contributed by atoms with Crippen LogP contribution in [0.25, 0.3) is 10.4 Å². The number of anilines is 1. The van der Waals surface area contributed by atoms with Crippen molar-refractivity contribution in [1.29, 1.82) is 0 Å². The van der Waals surface area contributed by atoms with Crippen LogP contribution >= 0.6 is 27.3 Å². The minimum absolute atomic E-state index is 1.14. The van der Waals surface area contributed by atoms with Gasteiger partial charge in [-0.3, -0.25) is 0 Å². The van der Waals surface area contributed by atoms with Crippen LogP contribution in [-0.2, 0) is 0 Å². The van der Waals surface area contributed by atoms with Crippen LogP contribution < -0.4 is 5.32 Å². The summed E-state index contributed by atoms with van der Waals surface area (Å²) >= 11 is 5.21. The van der Waals surface area contributed by atoms with E-state index >= 15 is 0 Å². The first kappa shape index (κ1) is 9.74. The zero-order valence-electron chi connectivity index (χ0n) is 7.75. The Morgan fingerprint density at radius 2 is 1.79 bits per heavy atom. The molecule has 0 bridgehead atoms. The first-order valence-corrected chi connectivity index (χ1v) is 5.94. The van der Waals surface area contributed by atoms with Crippen molar-refractivity contribution in [3.05, 3.63) is 40.2 Å². The van der Waals surface area contributed by atoms with Gasteiger partial charge in [0.1, 0.15) is 0 Å². The molecule has 3 heteroatoms. The highest BCUT2D eigenvalue weighted by Gasteiger charge is 2.00. The van der Waals surface area contributed by atoms with Crippen LogP contribution in [-0.4, -0.2) is 7.05 Å². The average molecular weight is 268 g/mol. The maximum Gasteiger partial charge on any atom is 0.0705 e. The third-order valence-corrected chi connectivity index (χ3v) is 3.70. The highest BCUT2D eigenvalue weighted by Crippen LogP contribution is 2.31. The zero-order chi connectivity index (χ0) is 9.97. The van der Waals surface area contributed by atoms with E-state index in [4.69, 9.17) is 0 Å². The minimum Gasteiger partial charge on any atom is -0.388 e. The normalized spacial score (nSPS) is 10.1. The lowest BCUT2D eigenvalue weighted by Gasteiger charge is -2.00. The highest BCUT2D eigenvalue weighted by molar-refractivity contribution is 9.11. The third kappa shape index (κ3) is 1.99. The maximum absolute atomic E-state index is 3.46. The standard InChI is InChI=1S/C11H10BrNS/c1-13-9-4-2-8(3-5-9)10-6-7-11(12)14-10/h2-7,13H,1H3. The third-order valence-electron chi connectivity index (χ3n) is 2.03. The molecule has 2 rings (SSSR count). The van der Waals surface area contributed by atoms with Crippen molar-refractivity contribution in [3.8, 4) is 10.4 Å². The number of hydrogen-bond acceptors (Lipinski definition) is 2. The topological polar surface area (TPSA) is 12.0 Å². The lowest BCUT2D eigenvalue weighted by atomic mass is 10.2. The number of hydrogen-bond donors (Lipinski definition) is 1. The molecule has 0 radical (unpaired) electrons. The SMILES string of the molecule is CNc1ccc(-c2ccc(Br)s2)cc1.